The average Bonchev–Trinajstić information content (AvgIpc) is 3.27. The highest BCUT2D eigenvalue weighted by Gasteiger charge is 2.16. The Morgan fingerprint density at radius 3 is 2.49 bits per heavy atom. The lowest BCUT2D eigenvalue weighted by molar-refractivity contribution is -0.113. The molecule has 0 bridgehead atoms. The van der Waals surface area contributed by atoms with E-state index in [-0.39, 0.29) is 24.1 Å². The van der Waals surface area contributed by atoms with E-state index in [0.29, 0.717) is 46.0 Å². The Labute approximate surface area is 207 Å². The molecule has 0 radical (unpaired) electrons. The molecule has 0 aliphatic heterocycles. The van der Waals surface area contributed by atoms with Crippen LogP contribution < -0.4 is 24.8 Å². The molecule has 0 unspecified atom stereocenters. The second kappa shape index (κ2) is 12.5. The Morgan fingerprint density at radius 2 is 1.77 bits per heavy atom. The monoisotopic (exact) mass is 497 g/mol. The van der Waals surface area contributed by atoms with Gasteiger partial charge < -0.3 is 29.4 Å². The van der Waals surface area contributed by atoms with Gasteiger partial charge in [-0.3, -0.25) is 9.59 Å². The Bertz CT molecular complexity index is 1200. The lowest BCUT2D eigenvalue weighted by Gasteiger charge is -2.11. The molecule has 3 rings (SSSR count). The van der Waals surface area contributed by atoms with Crippen LogP contribution in [0, 0.1) is 0 Å². The molecular weight excluding hydrogens is 470 g/mol. The van der Waals surface area contributed by atoms with Gasteiger partial charge in [0.15, 0.2) is 22.5 Å². The molecule has 10 nitrogen and oxygen atoms in total. The summed E-state index contributed by atoms with van der Waals surface area (Å²) >= 11 is 1.23. The van der Waals surface area contributed by atoms with Crippen LogP contribution in [0.3, 0.4) is 0 Å². The number of ether oxygens (including phenoxy) is 3. The number of benzene rings is 2. The minimum absolute atomic E-state index is 0.116. The van der Waals surface area contributed by atoms with Crippen molar-refractivity contribution >= 4 is 29.3 Å². The number of carbonyl (C=O) groups excluding carboxylic acids is 2. The number of para-hydroxylation sites is 2. The highest BCUT2D eigenvalue weighted by molar-refractivity contribution is 7.99. The average molecular weight is 498 g/mol. The van der Waals surface area contributed by atoms with Gasteiger partial charge in [0, 0.05) is 12.1 Å². The third-order valence-corrected chi connectivity index (χ3v) is 5.84. The predicted molar refractivity (Wildman–Crippen MR) is 133 cm³/mol. The second-order valence-corrected chi connectivity index (χ2v) is 8.03. The summed E-state index contributed by atoms with van der Waals surface area (Å²) in [5.74, 6) is 1.71. The summed E-state index contributed by atoms with van der Waals surface area (Å²) in [6.45, 7) is 4.34. The zero-order chi connectivity index (χ0) is 25.2. The van der Waals surface area contributed by atoms with Crippen molar-refractivity contribution in [2.45, 2.75) is 18.2 Å². The third kappa shape index (κ3) is 6.54. The number of nitrogens with one attached hydrogen (secondary N) is 2. The van der Waals surface area contributed by atoms with Gasteiger partial charge in [-0.15, -0.1) is 16.8 Å². The van der Waals surface area contributed by atoms with Crippen molar-refractivity contribution < 1.29 is 23.8 Å². The summed E-state index contributed by atoms with van der Waals surface area (Å²) in [6, 6.07) is 12.1. The number of hydrogen-bond acceptors (Lipinski definition) is 8. The van der Waals surface area contributed by atoms with Crippen LogP contribution >= 0.6 is 11.8 Å². The first-order chi connectivity index (χ1) is 17.0. The van der Waals surface area contributed by atoms with Crippen molar-refractivity contribution in [2.75, 3.05) is 32.4 Å². The fraction of sp³-hybridized carbons (Fsp3) is 0.250. The van der Waals surface area contributed by atoms with Crippen molar-refractivity contribution in [2.24, 2.45) is 0 Å². The molecule has 35 heavy (non-hydrogen) atoms. The Kier molecular flexibility index (Phi) is 9.13. The van der Waals surface area contributed by atoms with E-state index in [1.165, 1.54) is 26.0 Å². The minimum Gasteiger partial charge on any atom is -0.495 e. The number of carbonyl (C=O) groups is 2. The fourth-order valence-corrected chi connectivity index (χ4v) is 3.94. The molecule has 2 amide bonds. The maximum absolute atomic E-state index is 12.6. The molecule has 0 fully saturated rings. The van der Waals surface area contributed by atoms with Gasteiger partial charge in [-0.05, 0) is 30.3 Å². The normalized spacial score (nSPS) is 10.4. The molecule has 0 saturated carbocycles. The van der Waals surface area contributed by atoms with E-state index in [0.717, 1.165) is 0 Å². The van der Waals surface area contributed by atoms with Crippen LogP contribution in [0.15, 0.2) is 60.3 Å². The lowest BCUT2D eigenvalue weighted by atomic mass is 10.2. The van der Waals surface area contributed by atoms with E-state index in [4.69, 9.17) is 14.2 Å². The maximum atomic E-state index is 12.6. The SMILES string of the molecule is C=CCn1c(CNC(=O)c2ccc(OC)c(OC)c2)nnc1SCC(=O)Nc1ccccc1OC. The van der Waals surface area contributed by atoms with Crippen LogP contribution in [-0.2, 0) is 17.9 Å². The van der Waals surface area contributed by atoms with Crippen molar-refractivity contribution in [3.05, 3.63) is 66.5 Å². The predicted octanol–water partition coefficient (Wildman–Crippen LogP) is 3.15. The molecule has 0 aliphatic rings. The number of amides is 2. The van der Waals surface area contributed by atoms with E-state index in [1.54, 1.807) is 48.1 Å². The number of nitrogens with zero attached hydrogens (tertiary/aromatic N) is 3. The fourth-order valence-electron chi connectivity index (χ4n) is 3.17. The minimum atomic E-state index is -0.301. The molecule has 1 heterocycles. The van der Waals surface area contributed by atoms with Crippen LogP contribution in [0.4, 0.5) is 5.69 Å². The molecule has 2 N–H and O–H groups in total. The molecule has 0 aliphatic carbocycles. The number of thioether (sulfide) groups is 1. The van der Waals surface area contributed by atoms with Crippen LogP contribution in [-0.4, -0.2) is 53.7 Å². The summed E-state index contributed by atoms with van der Waals surface area (Å²) in [6.07, 6.45) is 1.70. The van der Waals surface area contributed by atoms with Gasteiger partial charge in [0.2, 0.25) is 5.91 Å². The number of rotatable bonds is 12. The molecule has 0 atom stereocenters. The van der Waals surface area contributed by atoms with Crippen LogP contribution in [0.2, 0.25) is 0 Å². The van der Waals surface area contributed by atoms with Crippen LogP contribution in [0.1, 0.15) is 16.2 Å². The smallest absolute Gasteiger partial charge is 0.251 e. The number of allylic oxidation sites excluding steroid dienone is 1. The third-order valence-electron chi connectivity index (χ3n) is 4.87. The first-order valence-electron chi connectivity index (χ1n) is 10.6. The quantitative estimate of drug-likeness (QED) is 0.290. The number of anilines is 1. The van der Waals surface area contributed by atoms with Gasteiger partial charge in [0.25, 0.3) is 5.91 Å². The number of methoxy groups -OCH3 is 3. The zero-order valence-electron chi connectivity index (χ0n) is 19.7. The summed E-state index contributed by atoms with van der Waals surface area (Å²) < 4.78 is 17.5. The van der Waals surface area contributed by atoms with Crippen molar-refractivity contribution in [1.82, 2.24) is 20.1 Å². The van der Waals surface area contributed by atoms with Gasteiger partial charge in [-0.1, -0.05) is 30.0 Å². The molecule has 3 aromatic rings. The zero-order valence-corrected chi connectivity index (χ0v) is 20.6. The molecule has 2 aromatic carbocycles. The highest BCUT2D eigenvalue weighted by atomic mass is 32.2. The first kappa shape index (κ1) is 25.6. The molecular formula is C24H27N5O5S. The first-order valence-corrected chi connectivity index (χ1v) is 11.6. The Hall–Kier alpha value is -3.99. The highest BCUT2D eigenvalue weighted by Crippen LogP contribution is 2.27. The van der Waals surface area contributed by atoms with Gasteiger partial charge in [-0.25, -0.2) is 0 Å². The van der Waals surface area contributed by atoms with E-state index >= 15 is 0 Å². The van der Waals surface area contributed by atoms with Crippen molar-refractivity contribution in [1.29, 1.82) is 0 Å². The van der Waals surface area contributed by atoms with Gasteiger partial charge in [0.1, 0.15) is 5.75 Å². The molecule has 1 aromatic heterocycles. The standard InChI is InChI=1S/C24H27N5O5S/c1-5-12-29-21(14-25-23(31)16-10-11-19(33-3)20(13-16)34-4)27-28-24(29)35-15-22(30)26-17-8-6-7-9-18(17)32-2/h5-11,13H,1,12,14-15H2,2-4H3,(H,25,31)(H,26,30). The van der Waals surface area contributed by atoms with Crippen LogP contribution in [0.25, 0.3) is 0 Å². The lowest BCUT2D eigenvalue weighted by Crippen LogP contribution is -2.25. The van der Waals surface area contributed by atoms with Crippen molar-refractivity contribution in [3.63, 3.8) is 0 Å². The molecule has 184 valence electrons. The van der Waals surface area contributed by atoms with E-state index in [1.807, 2.05) is 12.1 Å². The second-order valence-electron chi connectivity index (χ2n) is 7.09. The summed E-state index contributed by atoms with van der Waals surface area (Å²) in [5.41, 5.74) is 1.01. The van der Waals surface area contributed by atoms with Gasteiger partial charge in [-0.2, -0.15) is 0 Å². The summed E-state index contributed by atoms with van der Waals surface area (Å²) in [4.78, 5) is 25.1. The molecule has 0 saturated heterocycles. The molecule has 11 heteroatoms. The summed E-state index contributed by atoms with van der Waals surface area (Å²) in [7, 11) is 4.58. The number of aromatic nitrogens is 3. The Balaban J connectivity index is 1.63. The topological polar surface area (TPSA) is 117 Å². The molecule has 0 spiro atoms. The van der Waals surface area contributed by atoms with Crippen molar-refractivity contribution in [3.8, 4) is 17.2 Å². The van der Waals surface area contributed by atoms with Crippen LogP contribution in [0.5, 0.6) is 17.2 Å². The maximum Gasteiger partial charge on any atom is 0.251 e. The van der Waals surface area contributed by atoms with E-state index < -0.39 is 0 Å². The van der Waals surface area contributed by atoms with E-state index in [2.05, 4.69) is 27.4 Å². The Morgan fingerprint density at radius 1 is 1.03 bits per heavy atom. The number of hydrogen-bond donors (Lipinski definition) is 2. The largest absolute Gasteiger partial charge is 0.495 e. The van der Waals surface area contributed by atoms with Gasteiger partial charge in [0.05, 0.1) is 39.3 Å². The van der Waals surface area contributed by atoms with Gasteiger partial charge >= 0.3 is 0 Å². The van der Waals surface area contributed by atoms with E-state index in [9.17, 15) is 9.59 Å². The summed E-state index contributed by atoms with van der Waals surface area (Å²) in [5, 5.41) is 14.6.